The van der Waals surface area contributed by atoms with Gasteiger partial charge in [-0.05, 0) is 23.8 Å². The molecule has 5 nitrogen and oxygen atoms in total. The molecule has 1 aromatic carbocycles. The number of hydrogen-bond donors (Lipinski definition) is 1. The Morgan fingerprint density at radius 2 is 2.20 bits per heavy atom. The normalized spacial score (nSPS) is 16.5. The summed E-state index contributed by atoms with van der Waals surface area (Å²) in [5, 5.41) is 4.83. The van der Waals surface area contributed by atoms with Gasteiger partial charge in [-0.2, -0.15) is 5.10 Å². The fourth-order valence-electron chi connectivity index (χ4n) is 3.26. The maximum atomic E-state index is 13.0. The number of carbonyl (C=O) groups is 1. The lowest BCUT2D eigenvalue weighted by Gasteiger charge is -2.25. The molecule has 2 aromatic heterocycles. The van der Waals surface area contributed by atoms with Crippen LogP contribution in [0.4, 0.5) is 0 Å². The second kappa shape index (κ2) is 6.40. The highest BCUT2D eigenvalue weighted by atomic mass is 35.5. The zero-order valence-electron chi connectivity index (χ0n) is 13.4. The van der Waals surface area contributed by atoms with Gasteiger partial charge in [0.2, 0.25) is 0 Å². The molecule has 1 aliphatic heterocycles. The Labute approximate surface area is 158 Å². The van der Waals surface area contributed by atoms with E-state index in [4.69, 9.17) is 23.8 Å². The topological polar surface area (TPSA) is 53.9 Å². The fourth-order valence-corrected chi connectivity index (χ4v) is 4.56. The molecule has 0 saturated carbocycles. The number of thiazole rings is 1. The number of aromatic nitrogens is 3. The van der Waals surface area contributed by atoms with Gasteiger partial charge in [-0.15, -0.1) is 11.3 Å². The van der Waals surface area contributed by atoms with E-state index in [0.717, 1.165) is 21.7 Å². The number of benzene rings is 1. The monoisotopic (exact) mass is 390 g/mol. The number of nitrogens with one attached hydrogen (secondary N) is 1. The van der Waals surface area contributed by atoms with Crippen LogP contribution in [0.1, 0.15) is 32.5 Å². The Hall–Kier alpha value is -1.96. The summed E-state index contributed by atoms with van der Waals surface area (Å²) in [5.74, 6) is 0.0400. The van der Waals surface area contributed by atoms with Crippen molar-refractivity contribution in [2.45, 2.75) is 19.0 Å². The molecular formula is C17H15ClN4OS2. The number of rotatable bonds is 4. The van der Waals surface area contributed by atoms with Crippen LogP contribution in [0.25, 0.3) is 0 Å². The molecule has 0 bridgehead atoms. The smallest absolute Gasteiger partial charge is 0.255 e. The highest BCUT2D eigenvalue weighted by Crippen LogP contribution is 2.38. The quantitative estimate of drug-likeness (QED) is 0.681. The Morgan fingerprint density at radius 3 is 2.88 bits per heavy atom. The summed E-state index contributed by atoms with van der Waals surface area (Å²) in [4.78, 5) is 18.9. The van der Waals surface area contributed by atoms with Gasteiger partial charge >= 0.3 is 0 Å². The maximum absolute atomic E-state index is 13.0. The van der Waals surface area contributed by atoms with E-state index in [1.165, 1.54) is 11.3 Å². The largest absolute Gasteiger partial charge is 0.343 e. The summed E-state index contributed by atoms with van der Waals surface area (Å²) in [6, 6.07) is 7.69. The van der Waals surface area contributed by atoms with Crippen molar-refractivity contribution in [1.82, 2.24) is 19.7 Å². The summed E-state index contributed by atoms with van der Waals surface area (Å²) in [7, 11) is 1.87. The van der Waals surface area contributed by atoms with Crippen LogP contribution in [0.5, 0.6) is 0 Å². The molecule has 0 fully saturated rings. The fraction of sp³-hybridized carbons (Fsp3) is 0.235. The number of aryl methyl sites for hydroxylation is 1. The average Bonchev–Trinajstić information content (AvgIpc) is 3.23. The van der Waals surface area contributed by atoms with E-state index in [-0.39, 0.29) is 11.9 Å². The van der Waals surface area contributed by atoms with Crippen molar-refractivity contribution in [2.24, 2.45) is 7.05 Å². The lowest BCUT2D eigenvalue weighted by atomic mass is 10.0. The lowest BCUT2D eigenvalue weighted by Crippen LogP contribution is -2.29. The van der Waals surface area contributed by atoms with Crippen LogP contribution >= 0.6 is 35.2 Å². The van der Waals surface area contributed by atoms with E-state index in [0.29, 0.717) is 21.9 Å². The Bertz CT molecular complexity index is 986. The minimum atomic E-state index is -0.0766. The second-order valence-electron chi connectivity index (χ2n) is 5.95. The van der Waals surface area contributed by atoms with Crippen LogP contribution in [0.15, 0.2) is 36.7 Å². The van der Waals surface area contributed by atoms with E-state index in [1.54, 1.807) is 10.9 Å². The van der Waals surface area contributed by atoms with Gasteiger partial charge < -0.3 is 9.88 Å². The number of fused-ring (bicyclic) bond motifs is 1. The van der Waals surface area contributed by atoms with Crippen LogP contribution in [0, 0.1) is 3.95 Å². The van der Waals surface area contributed by atoms with Gasteiger partial charge in [0.15, 0.2) is 3.95 Å². The Kier molecular flexibility index (Phi) is 4.23. The molecule has 1 N–H and O–H groups in total. The number of nitrogens with zero attached hydrogens (tertiary/aromatic N) is 3. The van der Waals surface area contributed by atoms with Crippen LogP contribution < -0.4 is 0 Å². The van der Waals surface area contributed by atoms with Crippen molar-refractivity contribution in [2.75, 3.05) is 0 Å². The van der Waals surface area contributed by atoms with Crippen molar-refractivity contribution in [3.63, 3.8) is 0 Å². The molecule has 4 rings (SSSR count). The third-order valence-corrected chi connectivity index (χ3v) is 5.98. The second-order valence-corrected chi connectivity index (χ2v) is 8.16. The average molecular weight is 391 g/mol. The number of amides is 1. The number of halogens is 1. The summed E-state index contributed by atoms with van der Waals surface area (Å²) in [6.45, 7) is 0.519. The zero-order valence-corrected chi connectivity index (χ0v) is 15.8. The van der Waals surface area contributed by atoms with E-state index in [2.05, 4.69) is 10.1 Å². The van der Waals surface area contributed by atoms with E-state index in [1.807, 2.05) is 42.4 Å². The highest BCUT2D eigenvalue weighted by molar-refractivity contribution is 7.73. The molecule has 128 valence electrons. The molecule has 8 heteroatoms. The van der Waals surface area contributed by atoms with Gasteiger partial charge in [-0.3, -0.25) is 9.48 Å². The summed E-state index contributed by atoms with van der Waals surface area (Å²) in [6.07, 6.45) is 4.13. The van der Waals surface area contributed by atoms with Gasteiger partial charge in [-0.1, -0.05) is 29.8 Å². The first-order valence-corrected chi connectivity index (χ1v) is 9.38. The van der Waals surface area contributed by atoms with Gasteiger partial charge in [0.25, 0.3) is 5.91 Å². The van der Waals surface area contributed by atoms with Crippen molar-refractivity contribution >= 4 is 41.1 Å². The number of hydrogen-bond acceptors (Lipinski definition) is 4. The SMILES string of the molecule is Cn1ncc(Cl)c1CC1c2ccccc2C(=O)N1Cc1c[nH]c(=S)s1. The predicted octanol–water partition coefficient (Wildman–Crippen LogP) is 4.13. The molecule has 1 atom stereocenters. The van der Waals surface area contributed by atoms with E-state index < -0.39 is 0 Å². The molecule has 0 spiro atoms. The first kappa shape index (κ1) is 16.5. The summed E-state index contributed by atoms with van der Waals surface area (Å²) < 4.78 is 2.48. The highest BCUT2D eigenvalue weighted by Gasteiger charge is 2.37. The lowest BCUT2D eigenvalue weighted by molar-refractivity contribution is 0.0710. The molecule has 3 aromatic rings. The van der Waals surface area contributed by atoms with Gasteiger partial charge in [0, 0.05) is 30.1 Å². The number of carbonyl (C=O) groups excluding carboxylic acids is 1. The van der Waals surface area contributed by atoms with Crippen LogP contribution in [0.2, 0.25) is 5.02 Å². The Morgan fingerprint density at radius 1 is 1.40 bits per heavy atom. The maximum Gasteiger partial charge on any atom is 0.255 e. The minimum absolute atomic E-state index is 0.0400. The van der Waals surface area contributed by atoms with Crippen molar-refractivity contribution in [3.8, 4) is 0 Å². The van der Waals surface area contributed by atoms with Gasteiger partial charge in [0.1, 0.15) is 0 Å². The standard InChI is InChI=1S/C17H15ClN4OS2/c1-21-15(13(18)8-20-21)6-14-11-4-2-3-5-12(11)16(23)22(14)9-10-7-19-17(24)25-10/h2-5,7-8,14H,6,9H2,1H3,(H,19,24). The van der Waals surface area contributed by atoms with Crippen molar-refractivity contribution in [1.29, 1.82) is 0 Å². The first-order chi connectivity index (χ1) is 12.0. The van der Waals surface area contributed by atoms with E-state index in [9.17, 15) is 4.79 Å². The molecule has 1 amide bonds. The van der Waals surface area contributed by atoms with Gasteiger partial charge in [-0.25, -0.2) is 0 Å². The first-order valence-electron chi connectivity index (χ1n) is 7.78. The third kappa shape index (κ3) is 2.92. The van der Waals surface area contributed by atoms with Crippen LogP contribution in [0.3, 0.4) is 0 Å². The molecular weight excluding hydrogens is 376 g/mol. The van der Waals surface area contributed by atoms with Crippen molar-refractivity contribution < 1.29 is 4.79 Å². The molecule has 25 heavy (non-hydrogen) atoms. The third-order valence-electron chi connectivity index (χ3n) is 4.49. The summed E-state index contributed by atoms with van der Waals surface area (Å²) in [5.41, 5.74) is 2.71. The Balaban J connectivity index is 1.73. The molecule has 0 saturated heterocycles. The zero-order chi connectivity index (χ0) is 17.6. The predicted molar refractivity (Wildman–Crippen MR) is 100 cm³/mol. The molecule has 1 aliphatic rings. The molecule has 1 unspecified atom stereocenters. The molecule has 0 aliphatic carbocycles. The molecule has 3 heterocycles. The minimum Gasteiger partial charge on any atom is -0.343 e. The van der Waals surface area contributed by atoms with Gasteiger partial charge in [0.05, 0.1) is 29.5 Å². The van der Waals surface area contributed by atoms with Crippen LogP contribution in [-0.4, -0.2) is 25.6 Å². The molecule has 0 radical (unpaired) electrons. The van der Waals surface area contributed by atoms with Crippen LogP contribution in [-0.2, 0) is 20.0 Å². The number of H-pyrrole nitrogens is 1. The summed E-state index contributed by atoms with van der Waals surface area (Å²) >= 11 is 12.9. The number of aromatic amines is 1. The van der Waals surface area contributed by atoms with Crippen molar-refractivity contribution in [3.05, 3.63) is 67.3 Å². The van der Waals surface area contributed by atoms with E-state index >= 15 is 0 Å².